The summed E-state index contributed by atoms with van der Waals surface area (Å²) in [4.78, 5) is 2.36. The first kappa shape index (κ1) is 36.5. The van der Waals surface area contributed by atoms with Crippen LogP contribution in [0.5, 0.6) is 0 Å². The molecule has 2 heterocycles. The molecule has 0 spiro atoms. The Morgan fingerprint density at radius 1 is 0.286 bits per heavy atom. The van der Waals surface area contributed by atoms with Gasteiger partial charge in [0.2, 0.25) is 0 Å². The van der Waals surface area contributed by atoms with Gasteiger partial charge in [-0.2, -0.15) is 0 Å². The zero-order valence-electron chi connectivity index (χ0n) is 34.4. The van der Waals surface area contributed by atoms with Gasteiger partial charge >= 0.3 is 0 Å². The third kappa shape index (κ3) is 6.46. The second kappa shape index (κ2) is 15.3. The molecule has 0 radical (unpaired) electrons. The molecule has 0 aliphatic heterocycles. The van der Waals surface area contributed by atoms with Gasteiger partial charge in [-0.15, -0.1) is 0 Å². The van der Waals surface area contributed by atoms with E-state index in [1.54, 1.807) is 0 Å². The first-order valence-corrected chi connectivity index (χ1v) is 21.5. The highest BCUT2D eigenvalue weighted by Crippen LogP contribution is 2.41. The molecule has 0 amide bonds. The molecule has 0 atom stereocenters. The number of rotatable bonds is 8. The van der Waals surface area contributed by atoms with E-state index in [4.69, 9.17) is 4.42 Å². The molecule has 3 nitrogen and oxygen atoms in total. The number of hydrogen-bond acceptors (Lipinski definition) is 2. The molecule has 0 aliphatic carbocycles. The molecule has 12 aromatic rings. The minimum Gasteiger partial charge on any atom is -0.456 e. The molecular weight excluding hydrogens is 765 g/mol. The number of hydrogen-bond donors (Lipinski definition) is 0. The summed E-state index contributed by atoms with van der Waals surface area (Å²) in [6.07, 6.45) is 0. The smallest absolute Gasteiger partial charge is 0.136 e. The molecule has 0 aliphatic rings. The molecule has 0 unspecified atom stereocenters. The summed E-state index contributed by atoms with van der Waals surface area (Å²) >= 11 is 0. The highest BCUT2D eigenvalue weighted by molar-refractivity contribution is 6.10. The van der Waals surface area contributed by atoms with Crippen LogP contribution in [0, 0.1) is 0 Å². The molecule has 0 N–H and O–H groups in total. The summed E-state index contributed by atoms with van der Waals surface area (Å²) in [5.74, 6) is 0. The molecular formula is C60H40N2O. The average molecular weight is 805 g/mol. The van der Waals surface area contributed by atoms with Crippen molar-refractivity contribution in [1.29, 1.82) is 0 Å². The fraction of sp³-hybridized carbons (Fsp3) is 0. The van der Waals surface area contributed by atoms with Gasteiger partial charge in [0, 0.05) is 44.2 Å². The lowest BCUT2D eigenvalue weighted by Gasteiger charge is -2.26. The monoisotopic (exact) mass is 804 g/mol. The zero-order chi connectivity index (χ0) is 41.7. The molecule has 0 fully saturated rings. The van der Waals surface area contributed by atoms with Crippen molar-refractivity contribution >= 4 is 60.8 Å². The molecule has 10 aromatic carbocycles. The van der Waals surface area contributed by atoms with Crippen LogP contribution in [0.15, 0.2) is 247 Å². The molecule has 12 rings (SSSR count). The van der Waals surface area contributed by atoms with Gasteiger partial charge in [0.1, 0.15) is 11.2 Å². The van der Waals surface area contributed by atoms with Crippen molar-refractivity contribution in [2.45, 2.75) is 0 Å². The van der Waals surface area contributed by atoms with E-state index in [0.717, 1.165) is 66.9 Å². The third-order valence-electron chi connectivity index (χ3n) is 12.4. The maximum atomic E-state index is 6.20. The predicted molar refractivity (Wildman–Crippen MR) is 264 cm³/mol. The van der Waals surface area contributed by atoms with Gasteiger partial charge < -0.3 is 13.9 Å². The average Bonchev–Trinajstić information content (AvgIpc) is 3.90. The Morgan fingerprint density at radius 2 is 0.762 bits per heavy atom. The van der Waals surface area contributed by atoms with E-state index in [-0.39, 0.29) is 0 Å². The summed E-state index contributed by atoms with van der Waals surface area (Å²) < 4.78 is 8.60. The molecule has 63 heavy (non-hydrogen) atoms. The predicted octanol–water partition coefficient (Wildman–Crippen LogP) is 16.8. The summed E-state index contributed by atoms with van der Waals surface area (Å²) in [5, 5.41) is 4.80. The SMILES string of the molecule is c1ccc(-c2cccc(N(c3ccc(-c4ccc(-c5ccc6c(c5)oc5ccccc56)cc4)cc3)c3ccc(-c4ccccc4-n4c5ccccc5c5ccccc54)cc3)c2)cc1. The highest BCUT2D eigenvalue weighted by Gasteiger charge is 2.18. The van der Waals surface area contributed by atoms with Crippen LogP contribution < -0.4 is 4.90 Å². The Morgan fingerprint density at radius 3 is 1.46 bits per heavy atom. The first-order valence-electron chi connectivity index (χ1n) is 21.5. The number of para-hydroxylation sites is 4. The lowest BCUT2D eigenvalue weighted by Crippen LogP contribution is -2.10. The normalized spacial score (nSPS) is 11.5. The molecule has 0 bridgehead atoms. The zero-order valence-corrected chi connectivity index (χ0v) is 34.4. The minimum absolute atomic E-state index is 0.908. The van der Waals surface area contributed by atoms with Gasteiger partial charge in [-0.25, -0.2) is 0 Å². The number of fused-ring (bicyclic) bond motifs is 6. The van der Waals surface area contributed by atoms with Crippen LogP contribution in [0.1, 0.15) is 0 Å². The van der Waals surface area contributed by atoms with Crippen LogP contribution in [0.3, 0.4) is 0 Å². The van der Waals surface area contributed by atoms with E-state index in [9.17, 15) is 0 Å². The molecule has 296 valence electrons. The Labute approximate surface area is 366 Å². The van der Waals surface area contributed by atoms with Crippen LogP contribution >= 0.6 is 0 Å². The quantitative estimate of drug-likeness (QED) is 0.153. The second-order valence-electron chi connectivity index (χ2n) is 16.1. The van der Waals surface area contributed by atoms with Crippen molar-refractivity contribution in [3.05, 3.63) is 243 Å². The van der Waals surface area contributed by atoms with Crippen molar-refractivity contribution < 1.29 is 4.42 Å². The van der Waals surface area contributed by atoms with Crippen molar-refractivity contribution in [1.82, 2.24) is 4.57 Å². The van der Waals surface area contributed by atoms with Crippen molar-refractivity contribution in [3.8, 4) is 50.2 Å². The van der Waals surface area contributed by atoms with Crippen LogP contribution in [-0.2, 0) is 0 Å². The highest BCUT2D eigenvalue weighted by atomic mass is 16.3. The van der Waals surface area contributed by atoms with Crippen molar-refractivity contribution in [3.63, 3.8) is 0 Å². The lowest BCUT2D eigenvalue weighted by atomic mass is 9.99. The van der Waals surface area contributed by atoms with Gasteiger partial charge in [0.25, 0.3) is 0 Å². The number of benzene rings is 10. The summed E-state index contributed by atoms with van der Waals surface area (Å²) in [6, 6.07) is 87.1. The van der Waals surface area contributed by atoms with Crippen LogP contribution in [0.25, 0.3) is 93.9 Å². The number of anilines is 3. The van der Waals surface area contributed by atoms with Gasteiger partial charge in [0.05, 0.1) is 16.7 Å². The Kier molecular flexibility index (Phi) is 8.83. The third-order valence-corrected chi connectivity index (χ3v) is 12.4. The minimum atomic E-state index is 0.908. The van der Waals surface area contributed by atoms with E-state index in [2.05, 4.69) is 240 Å². The van der Waals surface area contributed by atoms with Gasteiger partial charge in [-0.05, 0) is 112 Å². The maximum Gasteiger partial charge on any atom is 0.136 e. The van der Waals surface area contributed by atoms with Crippen molar-refractivity contribution in [2.24, 2.45) is 0 Å². The van der Waals surface area contributed by atoms with E-state index < -0.39 is 0 Å². The summed E-state index contributed by atoms with van der Waals surface area (Å²) in [5.41, 5.74) is 18.0. The first-order chi connectivity index (χ1) is 31.2. The van der Waals surface area contributed by atoms with Gasteiger partial charge in [-0.3, -0.25) is 0 Å². The maximum absolute atomic E-state index is 6.20. The summed E-state index contributed by atoms with van der Waals surface area (Å²) in [7, 11) is 0. The van der Waals surface area contributed by atoms with Crippen LogP contribution in [-0.4, -0.2) is 4.57 Å². The Balaban J connectivity index is 0.897. The molecule has 2 aromatic heterocycles. The topological polar surface area (TPSA) is 21.3 Å². The molecule has 3 heteroatoms. The largest absolute Gasteiger partial charge is 0.456 e. The number of furan rings is 1. The van der Waals surface area contributed by atoms with E-state index in [1.807, 2.05) is 12.1 Å². The van der Waals surface area contributed by atoms with Crippen LogP contribution in [0.4, 0.5) is 17.1 Å². The second-order valence-corrected chi connectivity index (χ2v) is 16.1. The van der Waals surface area contributed by atoms with Crippen molar-refractivity contribution in [2.75, 3.05) is 4.90 Å². The number of aromatic nitrogens is 1. The van der Waals surface area contributed by atoms with Gasteiger partial charge in [-0.1, -0.05) is 170 Å². The molecule has 0 saturated heterocycles. The Bertz CT molecular complexity index is 3550. The van der Waals surface area contributed by atoms with Gasteiger partial charge in [0.15, 0.2) is 0 Å². The standard InChI is InChI=1S/C60H40N2O/c1-2-13-41(14-3-1)46-15-12-16-50(39-46)61(48-34-29-43(30-35-48)42-25-27-44(28-26-42)47-33-38-55-54-20-7-11-24-59(54)63-60(55)40-47)49-36-31-45(32-37-49)51-17-4-8-21-56(51)62-57-22-9-5-18-52(57)53-19-6-10-23-58(53)62/h1-40H. The molecule has 0 saturated carbocycles. The fourth-order valence-electron chi connectivity index (χ4n) is 9.35. The lowest BCUT2D eigenvalue weighted by molar-refractivity contribution is 0.669. The summed E-state index contributed by atoms with van der Waals surface area (Å²) in [6.45, 7) is 0. The Hall–Kier alpha value is -8.40. The fourth-order valence-corrected chi connectivity index (χ4v) is 9.35. The number of nitrogens with zero attached hydrogens (tertiary/aromatic N) is 2. The van der Waals surface area contributed by atoms with Crippen LogP contribution in [0.2, 0.25) is 0 Å². The van der Waals surface area contributed by atoms with E-state index in [1.165, 1.54) is 44.1 Å². The van der Waals surface area contributed by atoms with E-state index >= 15 is 0 Å². The van der Waals surface area contributed by atoms with E-state index in [0.29, 0.717) is 0 Å².